The van der Waals surface area contributed by atoms with Crippen LogP contribution in [0.5, 0.6) is 0 Å². The van der Waals surface area contributed by atoms with Crippen LogP contribution in [-0.2, 0) is 14.8 Å². The zero-order valence-corrected chi connectivity index (χ0v) is 13.6. The Morgan fingerprint density at radius 2 is 1.95 bits per heavy atom. The number of rotatable bonds is 7. The highest BCUT2D eigenvalue weighted by molar-refractivity contribution is 7.89. The maximum Gasteiger partial charge on any atom is 0.236 e. The van der Waals surface area contributed by atoms with Crippen LogP contribution in [0.25, 0.3) is 0 Å². The minimum absolute atomic E-state index is 0.0682. The standard InChI is InChI=1S/C15H21FN2O3S/c1-3-18(4-2)22(20,21)10-15(19)17-14-9-12(14)11-7-5-6-8-13(11)16/h5-8,12,14H,3-4,9-10H2,1-2H3,(H,17,19)/t12-,14+/m1/s1. The summed E-state index contributed by atoms with van der Waals surface area (Å²) in [5.74, 6) is -1.45. The number of nitrogens with one attached hydrogen (secondary N) is 1. The first-order chi connectivity index (χ1) is 10.4. The average Bonchev–Trinajstić information content (AvgIpc) is 3.18. The molecule has 22 heavy (non-hydrogen) atoms. The summed E-state index contributed by atoms with van der Waals surface area (Å²) in [6.45, 7) is 4.14. The van der Waals surface area contributed by atoms with E-state index in [2.05, 4.69) is 5.32 Å². The molecule has 122 valence electrons. The van der Waals surface area contributed by atoms with Gasteiger partial charge in [0.1, 0.15) is 11.6 Å². The van der Waals surface area contributed by atoms with Crippen LogP contribution in [0.15, 0.2) is 24.3 Å². The molecule has 0 saturated heterocycles. The van der Waals surface area contributed by atoms with E-state index in [1.54, 1.807) is 32.0 Å². The smallest absolute Gasteiger partial charge is 0.236 e. The van der Waals surface area contributed by atoms with E-state index in [0.717, 1.165) is 0 Å². The van der Waals surface area contributed by atoms with Gasteiger partial charge in [0.15, 0.2) is 0 Å². The van der Waals surface area contributed by atoms with Crippen molar-refractivity contribution in [3.8, 4) is 0 Å². The summed E-state index contributed by atoms with van der Waals surface area (Å²) < 4.78 is 38.9. The van der Waals surface area contributed by atoms with Crippen molar-refractivity contribution in [2.24, 2.45) is 0 Å². The second-order valence-electron chi connectivity index (χ2n) is 5.38. The Hall–Kier alpha value is -1.47. The molecule has 0 aliphatic heterocycles. The number of benzene rings is 1. The molecular weight excluding hydrogens is 307 g/mol. The van der Waals surface area contributed by atoms with Crippen LogP contribution < -0.4 is 5.32 Å². The molecule has 2 atom stereocenters. The van der Waals surface area contributed by atoms with E-state index in [-0.39, 0.29) is 17.8 Å². The molecule has 1 N–H and O–H groups in total. The van der Waals surface area contributed by atoms with Crippen molar-refractivity contribution in [1.29, 1.82) is 0 Å². The third-order valence-corrected chi connectivity index (χ3v) is 5.78. The molecule has 0 radical (unpaired) electrons. The van der Waals surface area contributed by atoms with Crippen molar-refractivity contribution in [3.05, 3.63) is 35.6 Å². The summed E-state index contributed by atoms with van der Waals surface area (Å²) >= 11 is 0. The van der Waals surface area contributed by atoms with Gasteiger partial charge in [-0.05, 0) is 18.1 Å². The Kier molecular flexibility index (Phi) is 5.18. The second kappa shape index (κ2) is 6.75. The zero-order valence-electron chi connectivity index (χ0n) is 12.8. The van der Waals surface area contributed by atoms with Crippen LogP contribution in [0, 0.1) is 5.82 Å². The van der Waals surface area contributed by atoms with Gasteiger partial charge in [-0.1, -0.05) is 32.0 Å². The molecule has 2 rings (SSSR count). The predicted molar refractivity (Wildman–Crippen MR) is 82.4 cm³/mol. The van der Waals surface area contributed by atoms with Crippen molar-refractivity contribution in [2.45, 2.75) is 32.2 Å². The first-order valence-corrected chi connectivity index (χ1v) is 9.01. The average molecular weight is 328 g/mol. The Labute approximate surface area is 130 Å². The Bertz CT molecular complexity index is 644. The van der Waals surface area contributed by atoms with Crippen LogP contribution in [0.3, 0.4) is 0 Å². The number of sulfonamides is 1. The van der Waals surface area contributed by atoms with Crippen LogP contribution in [0.2, 0.25) is 0 Å². The van der Waals surface area contributed by atoms with Crippen LogP contribution in [0.1, 0.15) is 31.7 Å². The van der Waals surface area contributed by atoms with Crippen molar-refractivity contribution < 1.29 is 17.6 Å². The number of halogens is 1. The highest BCUT2D eigenvalue weighted by Gasteiger charge is 2.41. The summed E-state index contributed by atoms with van der Waals surface area (Å²) in [5, 5.41) is 2.68. The third-order valence-electron chi connectivity index (χ3n) is 3.85. The minimum Gasteiger partial charge on any atom is -0.352 e. The lowest BCUT2D eigenvalue weighted by atomic mass is 10.1. The molecule has 1 aromatic rings. The fourth-order valence-corrected chi connectivity index (χ4v) is 3.98. The molecule has 5 nitrogen and oxygen atoms in total. The van der Waals surface area contributed by atoms with E-state index >= 15 is 0 Å². The van der Waals surface area contributed by atoms with Gasteiger partial charge in [0, 0.05) is 25.0 Å². The molecule has 0 heterocycles. The molecular formula is C15H21FN2O3S. The van der Waals surface area contributed by atoms with E-state index in [4.69, 9.17) is 0 Å². The van der Waals surface area contributed by atoms with Gasteiger partial charge < -0.3 is 5.32 Å². The Morgan fingerprint density at radius 1 is 1.32 bits per heavy atom. The lowest BCUT2D eigenvalue weighted by molar-refractivity contribution is -0.118. The lowest BCUT2D eigenvalue weighted by Gasteiger charge is -2.17. The first-order valence-electron chi connectivity index (χ1n) is 7.40. The van der Waals surface area contributed by atoms with E-state index in [1.807, 2.05) is 0 Å². The molecule has 1 aliphatic carbocycles. The van der Waals surface area contributed by atoms with Crippen molar-refractivity contribution in [2.75, 3.05) is 18.8 Å². The fourth-order valence-electron chi connectivity index (χ4n) is 2.60. The fraction of sp³-hybridized carbons (Fsp3) is 0.533. The Balaban J connectivity index is 1.91. The number of nitrogens with zero attached hydrogens (tertiary/aromatic N) is 1. The normalized spacial score (nSPS) is 20.9. The van der Waals surface area contributed by atoms with Crippen LogP contribution in [0.4, 0.5) is 4.39 Å². The van der Waals surface area contributed by atoms with Gasteiger partial charge in [0.2, 0.25) is 15.9 Å². The maximum atomic E-state index is 13.6. The number of hydrogen-bond acceptors (Lipinski definition) is 3. The molecule has 7 heteroatoms. The molecule has 0 bridgehead atoms. The second-order valence-corrected chi connectivity index (χ2v) is 7.35. The topological polar surface area (TPSA) is 66.5 Å². The summed E-state index contributed by atoms with van der Waals surface area (Å²) in [6.07, 6.45) is 0.637. The van der Waals surface area contributed by atoms with E-state index < -0.39 is 21.7 Å². The molecule has 0 spiro atoms. The monoisotopic (exact) mass is 328 g/mol. The first kappa shape index (κ1) is 16.9. The number of carbonyl (C=O) groups is 1. The van der Waals surface area contributed by atoms with Crippen LogP contribution >= 0.6 is 0 Å². The molecule has 1 fully saturated rings. The summed E-state index contributed by atoms with van der Waals surface area (Å²) in [5.41, 5.74) is 0.569. The summed E-state index contributed by atoms with van der Waals surface area (Å²) in [6, 6.07) is 6.26. The predicted octanol–water partition coefficient (Wildman–Crippen LogP) is 1.47. The summed E-state index contributed by atoms with van der Waals surface area (Å²) in [7, 11) is -3.58. The van der Waals surface area contributed by atoms with E-state index in [1.165, 1.54) is 10.4 Å². The summed E-state index contributed by atoms with van der Waals surface area (Å²) in [4.78, 5) is 11.9. The minimum atomic E-state index is -3.58. The number of hydrogen-bond donors (Lipinski definition) is 1. The quantitative estimate of drug-likeness (QED) is 0.824. The van der Waals surface area contributed by atoms with Gasteiger partial charge in [0.25, 0.3) is 0 Å². The highest BCUT2D eigenvalue weighted by atomic mass is 32.2. The number of amides is 1. The SMILES string of the molecule is CCN(CC)S(=O)(=O)CC(=O)N[C@H]1C[C@@H]1c1ccccc1F. The van der Waals surface area contributed by atoms with Crippen LogP contribution in [-0.4, -0.2) is 43.5 Å². The highest BCUT2D eigenvalue weighted by Crippen LogP contribution is 2.41. The third kappa shape index (κ3) is 3.84. The largest absolute Gasteiger partial charge is 0.352 e. The van der Waals surface area contributed by atoms with E-state index in [0.29, 0.717) is 25.1 Å². The zero-order chi connectivity index (χ0) is 16.3. The molecule has 1 amide bonds. The van der Waals surface area contributed by atoms with Gasteiger partial charge in [-0.25, -0.2) is 17.1 Å². The van der Waals surface area contributed by atoms with Crippen molar-refractivity contribution in [1.82, 2.24) is 9.62 Å². The lowest BCUT2D eigenvalue weighted by Crippen LogP contribution is -2.40. The maximum absolute atomic E-state index is 13.6. The van der Waals surface area contributed by atoms with E-state index in [9.17, 15) is 17.6 Å². The van der Waals surface area contributed by atoms with Gasteiger partial charge in [0.05, 0.1) is 0 Å². The van der Waals surface area contributed by atoms with Gasteiger partial charge in [-0.2, -0.15) is 0 Å². The van der Waals surface area contributed by atoms with Gasteiger partial charge in [-0.15, -0.1) is 0 Å². The number of carbonyl (C=O) groups excluding carboxylic acids is 1. The molecule has 1 aliphatic rings. The molecule has 0 aromatic heterocycles. The Morgan fingerprint density at radius 3 is 2.55 bits per heavy atom. The molecule has 1 saturated carbocycles. The molecule has 1 aromatic carbocycles. The van der Waals surface area contributed by atoms with Crippen molar-refractivity contribution >= 4 is 15.9 Å². The van der Waals surface area contributed by atoms with Crippen molar-refractivity contribution in [3.63, 3.8) is 0 Å². The molecule has 0 unspecified atom stereocenters. The van der Waals surface area contributed by atoms with Gasteiger partial charge >= 0.3 is 0 Å². The van der Waals surface area contributed by atoms with Gasteiger partial charge in [-0.3, -0.25) is 4.79 Å².